The Kier molecular flexibility index (Phi) is 4.03. The van der Waals surface area contributed by atoms with Gasteiger partial charge in [-0.25, -0.2) is 4.79 Å². The van der Waals surface area contributed by atoms with Crippen LogP contribution in [0.3, 0.4) is 0 Å². The van der Waals surface area contributed by atoms with E-state index in [1.165, 1.54) is 13.0 Å². The normalized spacial score (nSPS) is 11.5. The van der Waals surface area contributed by atoms with Crippen molar-refractivity contribution in [3.05, 3.63) is 23.5 Å². The minimum absolute atomic E-state index is 0.0721. The number of carbonyl (C=O) groups is 2. The highest BCUT2D eigenvalue weighted by Gasteiger charge is 2.21. The summed E-state index contributed by atoms with van der Waals surface area (Å²) in [6.45, 7) is 6.07. The predicted octanol–water partition coefficient (Wildman–Crippen LogP) is 2.53. The first kappa shape index (κ1) is 13.8. The second kappa shape index (κ2) is 4.96. The van der Waals surface area contributed by atoms with Crippen molar-refractivity contribution in [2.45, 2.75) is 32.1 Å². The number of nitrogens with zero attached hydrogens (tertiary/aromatic N) is 1. The maximum absolute atomic E-state index is 11.3. The zero-order valence-electron chi connectivity index (χ0n) is 10.5. The highest BCUT2D eigenvalue weighted by molar-refractivity contribution is 7.99. The van der Waals surface area contributed by atoms with E-state index in [1.807, 2.05) is 20.1 Å². The Balaban J connectivity index is 3.13. The molecule has 0 aliphatic heterocycles. The van der Waals surface area contributed by atoms with Crippen molar-refractivity contribution in [1.82, 2.24) is 4.57 Å². The Labute approximate surface area is 105 Å². The van der Waals surface area contributed by atoms with E-state index in [0.29, 0.717) is 12.1 Å². The molecule has 17 heavy (non-hydrogen) atoms. The fraction of sp³-hybridized carbons (Fsp3) is 0.500. The number of hydrogen-bond acceptors (Lipinski definition) is 3. The topological polar surface area (TPSA) is 59.3 Å². The molecule has 0 unspecified atom stereocenters. The van der Waals surface area contributed by atoms with Gasteiger partial charge in [0.05, 0.1) is 0 Å². The maximum Gasteiger partial charge on any atom is 0.352 e. The lowest BCUT2D eigenvalue weighted by Gasteiger charge is -2.23. The quantitative estimate of drug-likeness (QED) is 0.821. The van der Waals surface area contributed by atoms with Crippen molar-refractivity contribution in [2.24, 2.45) is 0 Å². The van der Waals surface area contributed by atoms with Gasteiger partial charge in [0.15, 0.2) is 5.78 Å². The summed E-state index contributed by atoms with van der Waals surface area (Å²) in [6, 6.07) is 1.43. The molecule has 0 fully saturated rings. The number of aromatic nitrogens is 1. The molecule has 0 aliphatic carbocycles. The van der Waals surface area contributed by atoms with Gasteiger partial charge in [0, 0.05) is 23.1 Å². The van der Waals surface area contributed by atoms with Gasteiger partial charge in [0.1, 0.15) is 5.69 Å². The molecule has 1 heterocycles. The highest BCUT2D eigenvalue weighted by Crippen LogP contribution is 2.25. The summed E-state index contributed by atoms with van der Waals surface area (Å²) in [5.41, 5.74) is 0.608. The van der Waals surface area contributed by atoms with Crippen molar-refractivity contribution >= 4 is 23.5 Å². The number of hydrogen-bond donors (Lipinski definition) is 1. The van der Waals surface area contributed by atoms with Gasteiger partial charge >= 0.3 is 5.97 Å². The Morgan fingerprint density at radius 1 is 1.47 bits per heavy atom. The van der Waals surface area contributed by atoms with Crippen molar-refractivity contribution in [3.8, 4) is 0 Å². The molecule has 1 rings (SSSR count). The molecule has 94 valence electrons. The number of rotatable bonds is 5. The molecule has 1 aromatic rings. The Bertz CT molecular complexity index is 449. The summed E-state index contributed by atoms with van der Waals surface area (Å²) in [7, 11) is 0. The van der Waals surface area contributed by atoms with E-state index >= 15 is 0 Å². The van der Waals surface area contributed by atoms with Crippen LogP contribution in [0.15, 0.2) is 12.3 Å². The van der Waals surface area contributed by atoms with Crippen LogP contribution in [0.5, 0.6) is 0 Å². The minimum atomic E-state index is -1.01. The summed E-state index contributed by atoms with van der Waals surface area (Å²) < 4.78 is 1.56. The number of carbonyl (C=O) groups excluding carboxylic acids is 1. The third kappa shape index (κ3) is 3.36. The van der Waals surface area contributed by atoms with E-state index in [2.05, 4.69) is 0 Å². The number of Topliss-reactive ketones (excluding diaryl/α,β-unsaturated/α-hetero) is 1. The number of carboxylic acid groups (broad SMARTS) is 1. The molecule has 1 aromatic heterocycles. The predicted molar refractivity (Wildman–Crippen MR) is 69.0 cm³/mol. The maximum atomic E-state index is 11.3. The number of thioether (sulfide) groups is 1. The lowest BCUT2D eigenvalue weighted by Crippen LogP contribution is -2.24. The summed E-state index contributed by atoms with van der Waals surface area (Å²) in [5.74, 6) is -1.12. The molecule has 0 spiro atoms. The van der Waals surface area contributed by atoms with Gasteiger partial charge in [-0.2, -0.15) is 11.8 Å². The van der Waals surface area contributed by atoms with Crippen molar-refractivity contribution in [2.75, 3.05) is 6.26 Å². The van der Waals surface area contributed by atoms with Crippen LogP contribution in [-0.4, -0.2) is 32.4 Å². The van der Waals surface area contributed by atoms with E-state index in [4.69, 9.17) is 5.11 Å². The molecule has 0 aromatic carbocycles. The molecule has 0 saturated heterocycles. The Morgan fingerprint density at radius 2 is 2.06 bits per heavy atom. The van der Waals surface area contributed by atoms with Gasteiger partial charge in [0.25, 0.3) is 0 Å². The lowest BCUT2D eigenvalue weighted by molar-refractivity contribution is 0.0684. The molecule has 4 nitrogen and oxygen atoms in total. The van der Waals surface area contributed by atoms with Gasteiger partial charge in [-0.15, -0.1) is 0 Å². The van der Waals surface area contributed by atoms with Crippen molar-refractivity contribution in [1.29, 1.82) is 0 Å². The molecular formula is C12H17NO3S. The summed E-state index contributed by atoms with van der Waals surface area (Å²) in [4.78, 5) is 22.4. The van der Waals surface area contributed by atoms with E-state index in [9.17, 15) is 9.59 Å². The number of aromatic carboxylic acids is 1. The molecule has 0 aliphatic rings. The third-order valence-corrected chi connectivity index (χ3v) is 3.86. The van der Waals surface area contributed by atoms with Gasteiger partial charge < -0.3 is 9.67 Å². The van der Waals surface area contributed by atoms with Gasteiger partial charge in [0.2, 0.25) is 0 Å². The molecule has 0 amide bonds. The highest BCUT2D eigenvalue weighted by atomic mass is 32.2. The van der Waals surface area contributed by atoms with Crippen LogP contribution in [0, 0.1) is 0 Å². The summed E-state index contributed by atoms with van der Waals surface area (Å²) >= 11 is 1.66. The second-order valence-electron chi connectivity index (χ2n) is 4.57. The van der Waals surface area contributed by atoms with Gasteiger partial charge in [-0.1, -0.05) is 0 Å². The first-order valence-corrected chi connectivity index (χ1v) is 6.49. The zero-order chi connectivity index (χ0) is 13.2. The largest absolute Gasteiger partial charge is 0.477 e. The van der Waals surface area contributed by atoms with Crippen molar-refractivity contribution in [3.63, 3.8) is 0 Å². The molecular weight excluding hydrogens is 238 g/mol. The van der Waals surface area contributed by atoms with Crippen LogP contribution in [0.1, 0.15) is 41.6 Å². The van der Waals surface area contributed by atoms with Crippen LogP contribution in [0.4, 0.5) is 0 Å². The van der Waals surface area contributed by atoms with E-state index < -0.39 is 5.97 Å². The van der Waals surface area contributed by atoms with E-state index in [0.717, 1.165) is 0 Å². The molecule has 0 saturated carbocycles. The number of carboxylic acids is 1. The standard InChI is InChI=1S/C12H17NO3S/c1-8(14)9-5-10(11(15)16)13(6-9)7-12(2,3)17-4/h5-6H,7H2,1-4H3,(H,15,16). The van der Waals surface area contributed by atoms with Crippen LogP contribution in [0.25, 0.3) is 0 Å². The second-order valence-corrected chi connectivity index (χ2v) is 6.08. The number of ketones is 1. The fourth-order valence-electron chi connectivity index (χ4n) is 1.49. The first-order valence-electron chi connectivity index (χ1n) is 5.26. The minimum Gasteiger partial charge on any atom is -0.477 e. The first-order chi connectivity index (χ1) is 7.76. The third-order valence-electron chi connectivity index (χ3n) is 2.63. The van der Waals surface area contributed by atoms with Gasteiger partial charge in [-0.3, -0.25) is 4.79 Å². The van der Waals surface area contributed by atoms with Crippen LogP contribution < -0.4 is 0 Å². The summed E-state index contributed by atoms with van der Waals surface area (Å²) in [5, 5.41) is 9.09. The van der Waals surface area contributed by atoms with Crippen LogP contribution >= 0.6 is 11.8 Å². The molecule has 1 N–H and O–H groups in total. The lowest BCUT2D eigenvalue weighted by atomic mass is 10.2. The Hall–Kier alpha value is -1.23. The SMILES string of the molecule is CSC(C)(C)Cn1cc(C(C)=O)cc1C(=O)O. The average molecular weight is 255 g/mol. The average Bonchev–Trinajstić information content (AvgIpc) is 2.61. The fourth-order valence-corrected chi connectivity index (χ4v) is 1.76. The summed E-state index contributed by atoms with van der Waals surface area (Å²) in [6.07, 6.45) is 3.60. The van der Waals surface area contributed by atoms with Crippen LogP contribution in [-0.2, 0) is 6.54 Å². The van der Waals surface area contributed by atoms with E-state index in [1.54, 1.807) is 22.5 Å². The van der Waals surface area contributed by atoms with Gasteiger partial charge in [-0.05, 0) is 33.1 Å². The van der Waals surface area contributed by atoms with Crippen LogP contribution in [0.2, 0.25) is 0 Å². The van der Waals surface area contributed by atoms with E-state index in [-0.39, 0.29) is 16.2 Å². The van der Waals surface area contributed by atoms with Crippen molar-refractivity contribution < 1.29 is 14.7 Å². The molecule has 0 radical (unpaired) electrons. The zero-order valence-corrected chi connectivity index (χ0v) is 11.3. The monoisotopic (exact) mass is 255 g/mol. The molecule has 0 bridgehead atoms. The Morgan fingerprint density at radius 3 is 2.47 bits per heavy atom. The molecule has 0 atom stereocenters. The molecule has 5 heteroatoms. The smallest absolute Gasteiger partial charge is 0.352 e.